The number of rotatable bonds is 8. The summed E-state index contributed by atoms with van der Waals surface area (Å²) in [5.41, 5.74) is 5.87. The molecule has 2 aromatic heterocycles. The topological polar surface area (TPSA) is 96.5 Å². The van der Waals surface area contributed by atoms with E-state index < -0.39 is 29.5 Å². The molecule has 0 unspecified atom stereocenters. The van der Waals surface area contributed by atoms with E-state index in [2.05, 4.69) is 31.8 Å². The van der Waals surface area contributed by atoms with Gasteiger partial charge in [-0.3, -0.25) is 14.7 Å². The summed E-state index contributed by atoms with van der Waals surface area (Å²) in [5.74, 6) is -2.46. The fourth-order valence-corrected chi connectivity index (χ4v) is 4.73. The molecular weight excluding hydrogens is 595 g/mol. The highest BCUT2D eigenvalue weighted by atomic mass is 35.5. The number of pyridine rings is 2. The Hall–Kier alpha value is -3.80. The molecule has 1 fully saturated rings. The van der Waals surface area contributed by atoms with Gasteiger partial charge in [0.15, 0.2) is 5.82 Å². The lowest BCUT2D eigenvalue weighted by atomic mass is 9.91. The summed E-state index contributed by atoms with van der Waals surface area (Å²) in [6.07, 6.45) is -0.107. The van der Waals surface area contributed by atoms with E-state index in [1.165, 1.54) is 30.7 Å². The zero-order chi connectivity index (χ0) is 30.4. The number of nitrogens with one attached hydrogen (secondary N) is 1. The lowest BCUT2D eigenvalue weighted by Gasteiger charge is -2.32. The van der Waals surface area contributed by atoms with Gasteiger partial charge in [0.05, 0.1) is 22.1 Å². The Bertz CT molecular complexity index is 1520. The van der Waals surface area contributed by atoms with Crippen LogP contribution in [-0.2, 0) is 12.7 Å². The highest BCUT2D eigenvalue weighted by Crippen LogP contribution is 2.37. The van der Waals surface area contributed by atoms with Gasteiger partial charge in [-0.1, -0.05) is 54.0 Å². The largest absolute Gasteiger partial charge is 0.433 e. The van der Waals surface area contributed by atoms with Gasteiger partial charge in [-0.2, -0.15) is 13.2 Å². The third-order valence-corrected chi connectivity index (χ3v) is 7.12. The van der Waals surface area contributed by atoms with E-state index in [9.17, 15) is 18.0 Å². The molecule has 0 aliphatic carbocycles. The Morgan fingerprint density at radius 1 is 1.17 bits per heavy atom. The Morgan fingerprint density at radius 3 is 2.48 bits per heavy atom. The number of allylic oxidation sites excluding steroid dienone is 1. The van der Waals surface area contributed by atoms with Gasteiger partial charge >= 0.3 is 6.18 Å². The van der Waals surface area contributed by atoms with Crippen LogP contribution in [0.4, 0.5) is 23.2 Å². The number of aliphatic imine (C=N–C) groups is 1. The van der Waals surface area contributed by atoms with Gasteiger partial charge in [0.1, 0.15) is 10.8 Å². The lowest BCUT2D eigenvalue weighted by Crippen LogP contribution is -2.33. The van der Waals surface area contributed by atoms with Crippen LogP contribution in [0.1, 0.15) is 51.6 Å². The van der Waals surface area contributed by atoms with Gasteiger partial charge < -0.3 is 11.1 Å². The molecule has 1 aliphatic rings. The van der Waals surface area contributed by atoms with E-state index in [0.29, 0.717) is 44.2 Å². The summed E-state index contributed by atoms with van der Waals surface area (Å²) < 4.78 is 55.6. The Kier molecular flexibility index (Phi) is 9.97. The van der Waals surface area contributed by atoms with Crippen LogP contribution in [0.25, 0.3) is 5.70 Å². The average molecular weight is 621 g/mol. The number of carbonyl (C=O) groups excluding carboxylic acids is 1. The van der Waals surface area contributed by atoms with Crippen molar-refractivity contribution in [1.82, 2.24) is 14.9 Å². The molecule has 4 rings (SSSR count). The number of nitrogens with two attached hydrogens (primary N) is 1. The number of likely N-dealkylation sites (tertiary alicyclic amines) is 1. The standard InChI is InChI=1S/C29H26Cl2F4N6O/c1-17(38-15-22(30)14-36)19-4-2-18(3-5-19)16-41-10-7-20(8-11-41)26-27(23(32)13-24(39-26)29(33,34)35)40-28(42)21-6-9-37-25(31)12-21/h2-6,9,12-15,20H,1,7-8,10-11,16,36H2,(H,40,42)/b22-14+,38-15?. The number of halogens is 6. The van der Waals surface area contributed by atoms with Gasteiger partial charge in [-0.05, 0) is 49.2 Å². The molecule has 13 heteroatoms. The first-order chi connectivity index (χ1) is 19.9. The number of anilines is 1. The molecule has 1 aliphatic heterocycles. The van der Waals surface area contributed by atoms with Gasteiger partial charge in [0.2, 0.25) is 0 Å². The van der Waals surface area contributed by atoms with Crippen molar-refractivity contribution in [2.24, 2.45) is 10.7 Å². The Morgan fingerprint density at radius 2 is 1.86 bits per heavy atom. The fraction of sp³-hybridized carbons (Fsp3) is 0.241. The van der Waals surface area contributed by atoms with E-state index in [4.69, 9.17) is 28.9 Å². The zero-order valence-electron chi connectivity index (χ0n) is 22.1. The molecule has 0 spiro atoms. The summed E-state index contributed by atoms with van der Waals surface area (Å²) in [5, 5.41) is 2.73. The Balaban J connectivity index is 1.47. The van der Waals surface area contributed by atoms with Crippen molar-refractivity contribution in [3.8, 4) is 0 Å². The maximum absolute atomic E-state index is 15.1. The van der Waals surface area contributed by atoms with E-state index in [0.717, 1.165) is 11.1 Å². The summed E-state index contributed by atoms with van der Waals surface area (Å²) in [6.45, 7) is 5.57. The van der Waals surface area contributed by atoms with Gasteiger partial charge in [-0.15, -0.1) is 0 Å². The molecular formula is C29H26Cl2F4N6O. The molecule has 7 nitrogen and oxygen atoms in total. The SMILES string of the molecule is C=C(N=C/C(Cl)=C\N)c1ccc(CN2CCC(c3nc(C(F)(F)F)cc(F)c3NC(=O)c3ccnc(Cl)c3)CC2)cc1. The second kappa shape index (κ2) is 13.5. The highest BCUT2D eigenvalue weighted by Gasteiger charge is 2.36. The molecule has 0 bridgehead atoms. The number of amides is 1. The van der Waals surface area contributed by atoms with E-state index in [-0.39, 0.29) is 27.1 Å². The quantitative estimate of drug-likeness (QED) is 0.161. The van der Waals surface area contributed by atoms with Crippen LogP contribution in [0.3, 0.4) is 0 Å². The van der Waals surface area contributed by atoms with Gasteiger partial charge in [0, 0.05) is 42.7 Å². The third kappa shape index (κ3) is 7.93. The van der Waals surface area contributed by atoms with Crippen molar-refractivity contribution in [2.75, 3.05) is 18.4 Å². The summed E-state index contributed by atoms with van der Waals surface area (Å²) >= 11 is 11.7. The minimum atomic E-state index is -4.85. The third-order valence-electron chi connectivity index (χ3n) is 6.69. The number of aromatic nitrogens is 2. The predicted octanol–water partition coefficient (Wildman–Crippen LogP) is 7.00. The molecule has 0 radical (unpaired) electrons. The molecule has 3 aromatic rings. The predicted molar refractivity (Wildman–Crippen MR) is 156 cm³/mol. The smallest absolute Gasteiger partial charge is 0.403 e. The van der Waals surface area contributed by atoms with Crippen molar-refractivity contribution < 1.29 is 22.4 Å². The lowest BCUT2D eigenvalue weighted by molar-refractivity contribution is -0.141. The number of alkyl halides is 3. The number of hydrogen-bond donors (Lipinski definition) is 2. The van der Waals surface area contributed by atoms with Crippen molar-refractivity contribution in [2.45, 2.75) is 31.5 Å². The average Bonchev–Trinajstić information content (AvgIpc) is 2.96. The summed E-state index contributed by atoms with van der Waals surface area (Å²) in [7, 11) is 0. The van der Waals surface area contributed by atoms with Crippen LogP contribution >= 0.6 is 23.2 Å². The number of carbonyl (C=O) groups is 1. The normalized spacial score (nSPS) is 15.2. The van der Waals surface area contributed by atoms with Gasteiger partial charge in [-0.25, -0.2) is 14.4 Å². The molecule has 1 saturated heterocycles. The molecule has 0 atom stereocenters. The minimum absolute atomic E-state index is 0.0409. The monoisotopic (exact) mass is 620 g/mol. The Labute approximate surface area is 249 Å². The molecule has 3 N–H and O–H groups in total. The van der Waals surface area contributed by atoms with Crippen LogP contribution in [0.15, 0.2) is 71.5 Å². The van der Waals surface area contributed by atoms with Crippen LogP contribution in [0.2, 0.25) is 5.15 Å². The molecule has 0 saturated carbocycles. The van der Waals surface area contributed by atoms with Crippen LogP contribution < -0.4 is 11.1 Å². The maximum atomic E-state index is 15.1. The molecule has 1 amide bonds. The first kappa shape index (κ1) is 31.1. The van der Waals surface area contributed by atoms with E-state index in [1.807, 2.05) is 24.3 Å². The van der Waals surface area contributed by atoms with Crippen molar-refractivity contribution in [1.29, 1.82) is 0 Å². The second-order valence-corrected chi connectivity index (χ2v) is 10.4. The van der Waals surface area contributed by atoms with Crippen molar-refractivity contribution in [3.63, 3.8) is 0 Å². The van der Waals surface area contributed by atoms with E-state index >= 15 is 4.39 Å². The molecule has 1 aromatic carbocycles. The number of hydrogen-bond acceptors (Lipinski definition) is 6. The second-order valence-electron chi connectivity index (χ2n) is 9.57. The maximum Gasteiger partial charge on any atom is 0.433 e. The summed E-state index contributed by atoms with van der Waals surface area (Å²) in [6, 6.07) is 10.6. The van der Waals surface area contributed by atoms with Crippen LogP contribution in [-0.4, -0.2) is 40.1 Å². The van der Waals surface area contributed by atoms with Gasteiger partial charge in [0.25, 0.3) is 5.91 Å². The van der Waals surface area contributed by atoms with Crippen LogP contribution in [0, 0.1) is 5.82 Å². The fourth-order valence-electron chi connectivity index (χ4n) is 4.51. The first-order valence-corrected chi connectivity index (χ1v) is 13.5. The molecule has 220 valence electrons. The number of piperidine rings is 1. The highest BCUT2D eigenvalue weighted by molar-refractivity contribution is 6.39. The molecule has 3 heterocycles. The van der Waals surface area contributed by atoms with Crippen LogP contribution in [0.5, 0.6) is 0 Å². The molecule has 42 heavy (non-hydrogen) atoms. The minimum Gasteiger partial charge on any atom is -0.403 e. The van der Waals surface area contributed by atoms with Crippen molar-refractivity contribution >= 4 is 46.7 Å². The van der Waals surface area contributed by atoms with E-state index in [1.54, 1.807) is 0 Å². The summed E-state index contributed by atoms with van der Waals surface area (Å²) in [4.78, 5) is 26.7. The van der Waals surface area contributed by atoms with Crippen molar-refractivity contribution in [3.05, 3.63) is 106 Å². The number of nitrogens with zero attached hydrogens (tertiary/aromatic N) is 4. The first-order valence-electron chi connectivity index (χ1n) is 12.8. The zero-order valence-corrected chi connectivity index (χ0v) is 23.6. The number of benzene rings is 1.